The summed E-state index contributed by atoms with van der Waals surface area (Å²) in [5, 5.41) is 3.60. The second-order valence-electron chi connectivity index (χ2n) is 6.70. The summed E-state index contributed by atoms with van der Waals surface area (Å²) in [6, 6.07) is 4.57. The van der Waals surface area contributed by atoms with Gasteiger partial charge >= 0.3 is 0 Å². The van der Waals surface area contributed by atoms with Gasteiger partial charge in [0.15, 0.2) is 0 Å². The molecule has 1 unspecified atom stereocenters. The Balaban J connectivity index is 2.10. The average Bonchev–Trinajstić information content (AvgIpc) is 2.73. The Kier molecular flexibility index (Phi) is 4.66. The minimum atomic E-state index is 0.299. The van der Waals surface area contributed by atoms with E-state index in [-0.39, 0.29) is 0 Å². The molecule has 4 heteroatoms. The van der Waals surface area contributed by atoms with Crippen molar-refractivity contribution in [1.82, 2.24) is 15.1 Å². The third-order valence-electron chi connectivity index (χ3n) is 3.65. The summed E-state index contributed by atoms with van der Waals surface area (Å²) in [5.74, 6) is 1.06. The number of hydrogen-bond acceptors (Lipinski definition) is 4. The van der Waals surface area contributed by atoms with E-state index in [0.717, 1.165) is 38.5 Å². The van der Waals surface area contributed by atoms with E-state index >= 15 is 0 Å². The van der Waals surface area contributed by atoms with E-state index in [4.69, 9.17) is 4.42 Å². The summed E-state index contributed by atoms with van der Waals surface area (Å²) < 4.78 is 5.52. The van der Waals surface area contributed by atoms with Gasteiger partial charge in [-0.3, -0.25) is 4.90 Å². The van der Waals surface area contributed by atoms with E-state index in [0.29, 0.717) is 11.5 Å². The van der Waals surface area contributed by atoms with Gasteiger partial charge < -0.3 is 14.6 Å². The molecule has 0 amide bonds. The normalized spacial score (nSPS) is 24.6. The molecule has 1 saturated heterocycles. The first kappa shape index (κ1) is 14.6. The highest BCUT2D eigenvalue weighted by atomic mass is 16.3. The molecule has 2 rings (SSSR count). The van der Waals surface area contributed by atoms with Gasteiger partial charge in [-0.25, -0.2) is 0 Å². The highest BCUT2D eigenvalue weighted by Gasteiger charge is 2.30. The Bertz CT molecular complexity index is 373. The zero-order valence-electron chi connectivity index (χ0n) is 12.6. The lowest BCUT2D eigenvalue weighted by Gasteiger charge is -2.34. The summed E-state index contributed by atoms with van der Waals surface area (Å²) in [4.78, 5) is 4.82. The number of furan rings is 1. The van der Waals surface area contributed by atoms with Crippen LogP contribution < -0.4 is 5.32 Å². The predicted octanol–water partition coefficient (Wildman–Crippen LogP) is 1.64. The van der Waals surface area contributed by atoms with E-state index in [1.54, 1.807) is 6.26 Å². The van der Waals surface area contributed by atoms with Crippen LogP contribution in [0.3, 0.4) is 0 Å². The molecule has 1 N–H and O–H groups in total. The number of likely N-dealkylation sites (N-methyl/N-ethyl adjacent to an activating group) is 1. The first-order valence-electron chi connectivity index (χ1n) is 7.08. The molecule has 1 fully saturated rings. The fraction of sp³-hybridized carbons (Fsp3) is 0.733. The van der Waals surface area contributed by atoms with Crippen LogP contribution in [0.5, 0.6) is 0 Å². The summed E-state index contributed by atoms with van der Waals surface area (Å²) in [6.45, 7) is 9.84. The highest BCUT2D eigenvalue weighted by molar-refractivity contribution is 5.00. The third-order valence-corrected chi connectivity index (χ3v) is 3.65. The van der Waals surface area contributed by atoms with Crippen LogP contribution in [0.1, 0.15) is 19.6 Å². The van der Waals surface area contributed by atoms with Gasteiger partial charge in [0, 0.05) is 32.2 Å². The summed E-state index contributed by atoms with van der Waals surface area (Å²) >= 11 is 0. The van der Waals surface area contributed by atoms with Crippen molar-refractivity contribution in [2.45, 2.75) is 26.4 Å². The molecular weight excluding hydrogens is 238 g/mol. The maximum Gasteiger partial charge on any atom is 0.117 e. The van der Waals surface area contributed by atoms with Crippen LogP contribution in [0, 0.1) is 5.41 Å². The molecule has 19 heavy (non-hydrogen) atoms. The van der Waals surface area contributed by atoms with Crippen molar-refractivity contribution in [1.29, 1.82) is 0 Å². The van der Waals surface area contributed by atoms with E-state index in [2.05, 4.69) is 49.1 Å². The third kappa shape index (κ3) is 4.34. The van der Waals surface area contributed by atoms with Crippen LogP contribution in [0.15, 0.2) is 22.8 Å². The smallest absolute Gasteiger partial charge is 0.117 e. The largest absolute Gasteiger partial charge is 0.468 e. The van der Waals surface area contributed by atoms with E-state index in [9.17, 15) is 0 Å². The fourth-order valence-corrected chi connectivity index (χ4v) is 2.83. The topological polar surface area (TPSA) is 31.6 Å². The van der Waals surface area contributed by atoms with Crippen LogP contribution in [0.4, 0.5) is 0 Å². The fourth-order valence-electron chi connectivity index (χ4n) is 2.83. The van der Waals surface area contributed by atoms with Crippen molar-refractivity contribution in [3.63, 3.8) is 0 Å². The minimum Gasteiger partial charge on any atom is -0.468 e. The molecule has 1 aromatic rings. The van der Waals surface area contributed by atoms with Crippen LogP contribution in [-0.4, -0.2) is 56.1 Å². The number of hydrogen-bond donors (Lipinski definition) is 1. The lowest BCUT2D eigenvalue weighted by molar-refractivity contribution is 0.119. The van der Waals surface area contributed by atoms with Crippen molar-refractivity contribution in [3.8, 4) is 0 Å². The Labute approximate surface area is 116 Å². The lowest BCUT2D eigenvalue weighted by Crippen LogP contribution is -2.46. The molecule has 108 valence electrons. The van der Waals surface area contributed by atoms with Crippen molar-refractivity contribution < 1.29 is 4.42 Å². The Morgan fingerprint density at radius 3 is 2.89 bits per heavy atom. The molecule has 2 heterocycles. The molecule has 0 spiro atoms. The van der Waals surface area contributed by atoms with Gasteiger partial charge in [-0.1, -0.05) is 13.8 Å². The van der Waals surface area contributed by atoms with E-state index in [1.165, 1.54) is 0 Å². The van der Waals surface area contributed by atoms with Crippen LogP contribution in [0.25, 0.3) is 0 Å². The molecule has 1 aliphatic rings. The van der Waals surface area contributed by atoms with Gasteiger partial charge in [-0.2, -0.15) is 0 Å². The SMILES string of the molecule is CN(C)CC1CNCC(C)(C)CN1Cc1ccco1. The predicted molar refractivity (Wildman–Crippen MR) is 78.1 cm³/mol. The van der Waals surface area contributed by atoms with Gasteiger partial charge in [0.1, 0.15) is 5.76 Å². The second-order valence-corrected chi connectivity index (χ2v) is 6.70. The van der Waals surface area contributed by atoms with Gasteiger partial charge in [-0.15, -0.1) is 0 Å². The maximum atomic E-state index is 5.52. The molecule has 0 bridgehead atoms. The lowest BCUT2D eigenvalue weighted by atomic mass is 9.93. The molecule has 0 aromatic carbocycles. The summed E-state index contributed by atoms with van der Waals surface area (Å²) in [7, 11) is 4.28. The Hall–Kier alpha value is -0.840. The summed E-state index contributed by atoms with van der Waals surface area (Å²) in [6.07, 6.45) is 1.76. The monoisotopic (exact) mass is 265 g/mol. The van der Waals surface area contributed by atoms with Gasteiger partial charge in [0.05, 0.1) is 12.8 Å². The molecular formula is C15H27N3O. The Morgan fingerprint density at radius 2 is 2.26 bits per heavy atom. The molecule has 1 aliphatic heterocycles. The van der Waals surface area contributed by atoms with Crippen molar-refractivity contribution in [2.24, 2.45) is 5.41 Å². The van der Waals surface area contributed by atoms with Gasteiger partial charge in [0.25, 0.3) is 0 Å². The van der Waals surface area contributed by atoms with E-state index in [1.807, 2.05) is 6.07 Å². The van der Waals surface area contributed by atoms with Gasteiger partial charge in [0.2, 0.25) is 0 Å². The number of nitrogens with zero attached hydrogens (tertiary/aromatic N) is 2. The molecule has 1 atom stereocenters. The van der Waals surface area contributed by atoms with Crippen LogP contribution in [0.2, 0.25) is 0 Å². The quantitative estimate of drug-likeness (QED) is 0.897. The zero-order valence-corrected chi connectivity index (χ0v) is 12.6. The van der Waals surface area contributed by atoms with Gasteiger partial charge in [-0.05, 0) is 31.6 Å². The summed E-state index contributed by atoms with van der Waals surface area (Å²) in [5.41, 5.74) is 0.299. The number of nitrogens with one attached hydrogen (secondary N) is 1. The molecule has 0 radical (unpaired) electrons. The molecule has 1 aromatic heterocycles. The Morgan fingerprint density at radius 1 is 1.47 bits per heavy atom. The second kappa shape index (κ2) is 6.07. The zero-order chi connectivity index (χ0) is 13.9. The van der Waals surface area contributed by atoms with E-state index < -0.39 is 0 Å². The van der Waals surface area contributed by atoms with Crippen molar-refractivity contribution in [2.75, 3.05) is 40.3 Å². The highest BCUT2D eigenvalue weighted by Crippen LogP contribution is 2.22. The van der Waals surface area contributed by atoms with Crippen LogP contribution >= 0.6 is 0 Å². The first-order chi connectivity index (χ1) is 8.96. The van der Waals surface area contributed by atoms with Crippen LogP contribution in [-0.2, 0) is 6.54 Å². The molecule has 4 nitrogen and oxygen atoms in total. The van der Waals surface area contributed by atoms with Crippen molar-refractivity contribution in [3.05, 3.63) is 24.2 Å². The minimum absolute atomic E-state index is 0.299. The van der Waals surface area contributed by atoms with Crippen molar-refractivity contribution >= 4 is 0 Å². The molecule has 0 saturated carbocycles. The standard InChI is InChI=1S/C15H27N3O/c1-15(2)11-16-8-13(9-17(3)4)18(12-15)10-14-6-5-7-19-14/h5-7,13,16H,8-12H2,1-4H3. The maximum absolute atomic E-state index is 5.52. The average molecular weight is 265 g/mol. The number of rotatable bonds is 4. The molecule has 0 aliphatic carbocycles. The first-order valence-corrected chi connectivity index (χ1v) is 7.08.